The van der Waals surface area contributed by atoms with Crippen molar-refractivity contribution in [1.82, 2.24) is 50.8 Å². The Bertz CT molecular complexity index is 2820. The van der Waals surface area contributed by atoms with Crippen molar-refractivity contribution < 1.29 is 19.2 Å². The molecule has 5 heterocycles. The standard InChI is InChI=1S/C58H66N10O4/c1-66-34-28-46(29-35-66)55(69)62-53(44-12-5-3-6-13-44)57(71)59-32-10-9-17-52-60-39-50(61-52)43-26-22-41(23-27-43)19-18-40-20-24-42(25-21-40)48-38-49(65-64-48)51-16-11-33-68(51)58(72)54(45-14-7-4-8-15-45)63-56(70)47-30-36-67(2)37-31-47/h3-8,12-15,20-27,38-39,46-47,51,53-54H,9-11,16-17,28-37H2,1-2H3,(H,59,71)(H,60,61)(H,62,69)(H,63,70)(H,64,65)/t51?,53?,54-/m1/s1. The van der Waals surface area contributed by atoms with Crippen LogP contribution in [0, 0.1) is 23.7 Å². The number of carbonyl (C=O) groups is 4. The summed E-state index contributed by atoms with van der Waals surface area (Å²) >= 11 is 0. The van der Waals surface area contributed by atoms with Crippen molar-refractivity contribution in [2.45, 2.75) is 75.9 Å². The number of aromatic amines is 2. The zero-order valence-corrected chi connectivity index (χ0v) is 41.4. The Balaban J connectivity index is 0.745. The number of carbonyl (C=O) groups excluding carboxylic acids is 4. The lowest BCUT2D eigenvalue weighted by Gasteiger charge is -2.32. The van der Waals surface area contributed by atoms with Gasteiger partial charge in [0.05, 0.1) is 29.3 Å². The van der Waals surface area contributed by atoms with Crippen molar-refractivity contribution in [3.05, 3.63) is 155 Å². The Morgan fingerprint density at radius 1 is 0.667 bits per heavy atom. The predicted octanol–water partition coefficient (Wildman–Crippen LogP) is 7.37. The quantitative estimate of drug-likeness (QED) is 0.0495. The molecule has 4 amide bonds. The van der Waals surface area contributed by atoms with E-state index in [4.69, 9.17) is 0 Å². The molecular formula is C58H66N10O4. The SMILES string of the molecule is CN1CCC(C(=O)NC(C(=O)NCCCCc2ncc(-c3ccc(C#Cc4ccc(-c5cc(C6CCCN6C(=O)[C@H](NC(=O)C6CCN(C)CC6)c6ccccc6)[nH]n5)cc4)cc3)[nH]2)c2ccccc2)CC1. The number of aryl methyl sites for hydroxylation is 1. The van der Waals surface area contributed by atoms with Crippen molar-refractivity contribution in [2.24, 2.45) is 11.8 Å². The molecule has 2 unspecified atom stereocenters. The Hall–Kier alpha value is -7.34. The van der Waals surface area contributed by atoms with Gasteiger partial charge in [0.15, 0.2) is 0 Å². The number of hydrogen-bond donors (Lipinski definition) is 5. The van der Waals surface area contributed by atoms with Crippen LogP contribution in [0.5, 0.6) is 0 Å². The average Bonchev–Trinajstić information content (AvgIpc) is 4.23. The van der Waals surface area contributed by atoms with E-state index < -0.39 is 12.1 Å². The summed E-state index contributed by atoms with van der Waals surface area (Å²) < 4.78 is 0. The Morgan fingerprint density at radius 2 is 1.22 bits per heavy atom. The molecule has 14 heteroatoms. The molecule has 14 nitrogen and oxygen atoms in total. The van der Waals surface area contributed by atoms with Gasteiger partial charge in [-0.05, 0) is 139 Å². The second-order valence-corrected chi connectivity index (χ2v) is 19.7. The largest absolute Gasteiger partial charge is 0.354 e. The second kappa shape index (κ2) is 23.7. The van der Waals surface area contributed by atoms with Crippen LogP contribution in [0.2, 0.25) is 0 Å². The molecule has 0 bridgehead atoms. The summed E-state index contributed by atoms with van der Waals surface area (Å²) in [6.07, 6.45) is 9.03. The maximum absolute atomic E-state index is 14.4. The number of unbranched alkanes of at least 4 members (excludes halogenated alkanes) is 1. The third-order valence-corrected chi connectivity index (χ3v) is 14.5. The van der Waals surface area contributed by atoms with Gasteiger partial charge in [0.25, 0.3) is 0 Å². The van der Waals surface area contributed by atoms with Crippen molar-refractivity contribution >= 4 is 23.6 Å². The molecule has 9 rings (SSSR count). The average molecular weight is 967 g/mol. The number of nitrogens with one attached hydrogen (secondary N) is 5. The number of likely N-dealkylation sites (tertiary alicyclic amines) is 3. The van der Waals surface area contributed by atoms with Crippen molar-refractivity contribution in [3.63, 3.8) is 0 Å². The number of H-pyrrole nitrogens is 2. The van der Waals surface area contributed by atoms with E-state index in [9.17, 15) is 19.2 Å². The fraction of sp³-hybridized carbons (Fsp3) is 0.379. The minimum absolute atomic E-state index is 0.0532. The van der Waals surface area contributed by atoms with E-state index in [0.29, 0.717) is 13.1 Å². The van der Waals surface area contributed by atoms with Gasteiger partial charge in [-0.3, -0.25) is 24.3 Å². The molecule has 72 heavy (non-hydrogen) atoms. The fourth-order valence-corrected chi connectivity index (χ4v) is 10.1. The van der Waals surface area contributed by atoms with Gasteiger partial charge in [0.2, 0.25) is 23.6 Å². The Morgan fingerprint density at radius 3 is 1.82 bits per heavy atom. The molecule has 4 aromatic carbocycles. The molecule has 0 aliphatic carbocycles. The van der Waals surface area contributed by atoms with Gasteiger partial charge < -0.3 is 35.6 Å². The third-order valence-electron chi connectivity index (χ3n) is 14.5. The lowest BCUT2D eigenvalue weighted by atomic mass is 9.95. The Kier molecular flexibility index (Phi) is 16.3. The highest BCUT2D eigenvalue weighted by atomic mass is 16.2. The summed E-state index contributed by atoms with van der Waals surface area (Å²) in [5.74, 6) is 6.87. The van der Waals surface area contributed by atoms with Crippen LogP contribution in [0.25, 0.3) is 22.5 Å². The van der Waals surface area contributed by atoms with Gasteiger partial charge in [-0.25, -0.2) is 4.98 Å². The lowest BCUT2D eigenvalue weighted by molar-refractivity contribution is -0.139. The molecule has 0 saturated carbocycles. The molecule has 372 valence electrons. The molecule has 2 aromatic heterocycles. The van der Waals surface area contributed by atoms with Crippen LogP contribution in [-0.2, 0) is 25.6 Å². The second-order valence-electron chi connectivity index (χ2n) is 19.7. The normalized spacial score (nSPS) is 17.6. The van der Waals surface area contributed by atoms with Crippen molar-refractivity contribution in [1.29, 1.82) is 0 Å². The van der Waals surface area contributed by atoms with Crippen LogP contribution in [0.4, 0.5) is 0 Å². The van der Waals surface area contributed by atoms with E-state index in [2.05, 4.69) is 71.9 Å². The van der Waals surface area contributed by atoms with Crippen molar-refractivity contribution in [2.75, 3.05) is 53.4 Å². The number of hydrogen-bond acceptors (Lipinski definition) is 8. The molecule has 3 aliphatic rings. The van der Waals surface area contributed by atoms with Crippen molar-refractivity contribution in [3.8, 4) is 34.4 Å². The lowest BCUT2D eigenvalue weighted by Crippen LogP contribution is -2.46. The van der Waals surface area contributed by atoms with Gasteiger partial charge in [-0.2, -0.15) is 5.10 Å². The highest BCUT2D eigenvalue weighted by Gasteiger charge is 2.38. The number of aromatic nitrogens is 4. The third kappa shape index (κ3) is 12.6. The molecule has 0 radical (unpaired) electrons. The first-order valence-corrected chi connectivity index (χ1v) is 25.6. The molecule has 3 fully saturated rings. The minimum atomic E-state index is -0.757. The molecule has 3 aliphatic heterocycles. The van der Waals surface area contributed by atoms with E-state index in [-0.39, 0.29) is 41.5 Å². The van der Waals surface area contributed by atoms with Gasteiger partial charge >= 0.3 is 0 Å². The van der Waals surface area contributed by atoms with E-state index >= 15 is 0 Å². The number of rotatable bonds is 16. The number of nitrogens with zero attached hydrogens (tertiary/aromatic N) is 5. The number of amides is 4. The summed E-state index contributed by atoms with van der Waals surface area (Å²) in [6.45, 7) is 4.61. The number of benzene rings is 4. The molecule has 0 spiro atoms. The molecular weight excluding hydrogens is 901 g/mol. The van der Waals surface area contributed by atoms with E-state index in [1.807, 2.05) is 126 Å². The van der Waals surface area contributed by atoms with E-state index in [1.54, 1.807) is 0 Å². The molecule has 3 atom stereocenters. The van der Waals surface area contributed by atoms with E-state index in [1.165, 1.54) is 0 Å². The highest BCUT2D eigenvalue weighted by molar-refractivity contribution is 5.90. The Labute approximate surface area is 422 Å². The number of piperidine rings is 2. The van der Waals surface area contributed by atoms with Gasteiger partial charge in [-0.1, -0.05) is 96.8 Å². The smallest absolute Gasteiger partial charge is 0.250 e. The molecule has 5 N–H and O–H groups in total. The van der Waals surface area contributed by atoms with Gasteiger partial charge in [0, 0.05) is 48.0 Å². The van der Waals surface area contributed by atoms with Crippen LogP contribution in [0.3, 0.4) is 0 Å². The first-order chi connectivity index (χ1) is 35.1. The van der Waals surface area contributed by atoms with Crippen LogP contribution in [-0.4, -0.2) is 112 Å². The van der Waals surface area contributed by atoms with Crippen LogP contribution in [0.15, 0.2) is 121 Å². The molecule has 6 aromatic rings. The first-order valence-electron chi connectivity index (χ1n) is 25.6. The topological polar surface area (TPSA) is 171 Å². The first kappa shape index (κ1) is 49.6. The summed E-state index contributed by atoms with van der Waals surface area (Å²) in [6, 6.07) is 35.5. The maximum Gasteiger partial charge on any atom is 0.250 e. The summed E-state index contributed by atoms with van der Waals surface area (Å²) in [4.78, 5) is 68.8. The highest BCUT2D eigenvalue weighted by Crippen LogP contribution is 2.35. The summed E-state index contributed by atoms with van der Waals surface area (Å²) in [5.41, 5.74) is 7.88. The van der Waals surface area contributed by atoms with E-state index in [0.717, 1.165) is 140 Å². The zero-order chi connectivity index (χ0) is 49.8. The predicted molar refractivity (Wildman–Crippen MR) is 279 cm³/mol. The minimum Gasteiger partial charge on any atom is -0.354 e. The van der Waals surface area contributed by atoms with Crippen LogP contribution in [0.1, 0.15) is 103 Å². The number of imidazole rings is 1. The summed E-state index contributed by atoms with van der Waals surface area (Å²) in [5, 5.41) is 17.1. The van der Waals surface area contributed by atoms with Crippen LogP contribution >= 0.6 is 0 Å². The maximum atomic E-state index is 14.4. The van der Waals surface area contributed by atoms with Gasteiger partial charge in [-0.15, -0.1) is 0 Å². The van der Waals surface area contributed by atoms with Gasteiger partial charge in [0.1, 0.15) is 17.9 Å². The molecule has 3 saturated heterocycles. The van der Waals surface area contributed by atoms with Crippen LogP contribution < -0.4 is 16.0 Å². The zero-order valence-electron chi connectivity index (χ0n) is 41.4. The monoisotopic (exact) mass is 967 g/mol. The fourth-order valence-electron chi connectivity index (χ4n) is 10.1. The summed E-state index contributed by atoms with van der Waals surface area (Å²) in [7, 11) is 4.14.